The first-order valence-corrected chi connectivity index (χ1v) is 18.2. The van der Waals surface area contributed by atoms with Crippen LogP contribution in [0.15, 0.2) is 0 Å². The molecule has 36 heavy (non-hydrogen) atoms. The van der Waals surface area contributed by atoms with Gasteiger partial charge >= 0.3 is 30.4 Å². The molecule has 0 aliphatic heterocycles. The zero-order chi connectivity index (χ0) is 28.7. The molecule has 0 aromatic heterocycles. The summed E-state index contributed by atoms with van der Waals surface area (Å²) in [6.45, 7) is 9.53. The lowest BCUT2D eigenvalue weighted by Gasteiger charge is -2.40. The van der Waals surface area contributed by atoms with Crippen molar-refractivity contribution in [3.63, 3.8) is 0 Å². The van der Waals surface area contributed by atoms with E-state index in [4.69, 9.17) is 0 Å². The molecule has 0 fully saturated rings. The number of rotatable bonds is 12. The van der Waals surface area contributed by atoms with Crippen LogP contribution in [0.25, 0.3) is 0 Å². The third kappa shape index (κ3) is 6.69. The van der Waals surface area contributed by atoms with Gasteiger partial charge in [-0.3, -0.25) is 18.3 Å². The van der Waals surface area contributed by atoms with Gasteiger partial charge in [0, 0.05) is 0 Å². The maximum Gasteiger partial charge on any atom is 0.345 e. The summed E-state index contributed by atoms with van der Waals surface area (Å²) in [7, 11) is -22.0. The van der Waals surface area contributed by atoms with Crippen molar-refractivity contribution in [3.05, 3.63) is 33.4 Å². The summed E-state index contributed by atoms with van der Waals surface area (Å²) in [5.74, 6) is 0. The highest BCUT2D eigenvalue weighted by molar-refractivity contribution is 7.70. The largest absolute Gasteiger partial charge is 0.345 e. The zero-order valence-electron chi connectivity index (χ0n) is 21.2. The van der Waals surface area contributed by atoms with E-state index in [2.05, 4.69) is 0 Å². The van der Waals surface area contributed by atoms with Gasteiger partial charge < -0.3 is 39.1 Å². The first kappa shape index (κ1) is 33.8. The molecule has 0 aliphatic rings. The topological polar surface area (TPSA) is 230 Å². The van der Waals surface area contributed by atoms with E-state index in [1.165, 1.54) is 13.8 Å². The summed E-state index contributed by atoms with van der Waals surface area (Å²) in [4.78, 5) is 80.7. The molecule has 12 nitrogen and oxygen atoms in total. The first-order valence-electron chi connectivity index (χ1n) is 11.4. The van der Waals surface area contributed by atoms with Crippen LogP contribution in [0.2, 0.25) is 0 Å². The molecule has 0 aliphatic carbocycles. The van der Waals surface area contributed by atoms with Gasteiger partial charge in [0.2, 0.25) is 0 Å². The quantitative estimate of drug-likeness (QED) is 0.157. The van der Waals surface area contributed by atoms with Crippen LogP contribution in [0.4, 0.5) is 0 Å². The van der Waals surface area contributed by atoms with Crippen LogP contribution in [0, 0.1) is 13.8 Å². The molecular formula is C20H38O12P4. The molecule has 0 amide bonds. The van der Waals surface area contributed by atoms with Gasteiger partial charge in [-0.25, -0.2) is 0 Å². The van der Waals surface area contributed by atoms with Crippen molar-refractivity contribution in [3.8, 4) is 0 Å². The summed E-state index contributed by atoms with van der Waals surface area (Å²) in [6.07, 6.45) is 1.25. The molecule has 0 heterocycles. The standard InChI is InChI=1S/C20H38O12P4/c1-7-11-14-15(18(33(21,22)23)34(24,25)26)12(5)13(6)16(17(14)20(8-2,9-3)10-4)19(35(27,28)29)36(30,31)32/h18-19H,7-11H2,1-6H3,(H2,21,22,23)(H2,24,25,26)(H2,27,28,29)(H2,30,31,32). The summed E-state index contributed by atoms with van der Waals surface area (Å²) in [5.41, 5.74) is -1.71. The Labute approximate surface area is 211 Å². The summed E-state index contributed by atoms with van der Waals surface area (Å²) >= 11 is 0. The van der Waals surface area contributed by atoms with Gasteiger partial charge in [0.1, 0.15) is 0 Å². The summed E-state index contributed by atoms with van der Waals surface area (Å²) in [6, 6.07) is 0. The first-order chi connectivity index (χ1) is 16.1. The maximum atomic E-state index is 12.5. The third-order valence-corrected chi connectivity index (χ3v) is 14.3. The van der Waals surface area contributed by atoms with Crippen molar-refractivity contribution in [2.24, 2.45) is 0 Å². The van der Waals surface area contributed by atoms with Gasteiger partial charge in [-0.05, 0) is 78.3 Å². The van der Waals surface area contributed by atoms with Crippen LogP contribution in [0.1, 0.15) is 97.6 Å². The highest BCUT2D eigenvalue weighted by Crippen LogP contribution is 2.74. The Kier molecular flexibility index (Phi) is 10.8. The Bertz CT molecular complexity index is 1100. The SMILES string of the molecule is CCCc1c(C(P(=O)(O)O)P(=O)(O)O)c(C)c(C)c(C(P(=O)(O)O)P(=O)(O)O)c1C(CC)(CC)CC. The van der Waals surface area contributed by atoms with E-state index in [1.54, 1.807) is 27.7 Å². The van der Waals surface area contributed by atoms with Crippen molar-refractivity contribution >= 4 is 30.4 Å². The number of benzene rings is 1. The van der Waals surface area contributed by atoms with Crippen LogP contribution in [0.5, 0.6) is 0 Å². The van der Waals surface area contributed by atoms with Gasteiger partial charge in [0.15, 0.2) is 10.8 Å². The van der Waals surface area contributed by atoms with Crippen molar-refractivity contribution in [1.29, 1.82) is 0 Å². The lowest BCUT2D eigenvalue weighted by Crippen LogP contribution is -2.30. The minimum absolute atomic E-state index is 0.00786. The summed E-state index contributed by atoms with van der Waals surface area (Å²) < 4.78 is 50.0. The second kappa shape index (κ2) is 11.5. The average Bonchev–Trinajstić information content (AvgIpc) is 2.68. The lowest BCUT2D eigenvalue weighted by atomic mass is 9.67. The normalized spacial score (nSPS) is 14.2. The Hall–Kier alpha value is -0.180. The molecule has 0 unspecified atom stereocenters. The van der Waals surface area contributed by atoms with Gasteiger partial charge in [0.05, 0.1) is 0 Å². The number of hydrogen-bond donors (Lipinski definition) is 8. The minimum Gasteiger partial charge on any atom is -0.324 e. The van der Waals surface area contributed by atoms with Gasteiger partial charge in [-0.15, -0.1) is 0 Å². The fourth-order valence-corrected chi connectivity index (χ4v) is 11.1. The molecule has 1 rings (SSSR count). The predicted molar refractivity (Wildman–Crippen MR) is 136 cm³/mol. The van der Waals surface area contributed by atoms with E-state index in [-0.39, 0.29) is 39.8 Å². The molecule has 0 atom stereocenters. The Morgan fingerprint density at radius 2 is 0.917 bits per heavy atom. The summed E-state index contributed by atoms with van der Waals surface area (Å²) in [5, 5.41) is -5.11. The second-order valence-electron chi connectivity index (χ2n) is 9.13. The Morgan fingerprint density at radius 3 is 1.19 bits per heavy atom. The van der Waals surface area contributed by atoms with Crippen LogP contribution in [-0.2, 0) is 30.1 Å². The molecular weight excluding hydrogens is 556 g/mol. The van der Waals surface area contributed by atoms with E-state index in [9.17, 15) is 57.4 Å². The van der Waals surface area contributed by atoms with Crippen LogP contribution < -0.4 is 0 Å². The van der Waals surface area contributed by atoms with Crippen molar-refractivity contribution in [1.82, 2.24) is 0 Å². The highest BCUT2D eigenvalue weighted by Gasteiger charge is 2.52. The molecule has 0 spiro atoms. The molecule has 0 saturated heterocycles. The molecule has 1 aromatic rings. The zero-order valence-corrected chi connectivity index (χ0v) is 24.8. The van der Waals surface area contributed by atoms with E-state index < -0.39 is 46.6 Å². The van der Waals surface area contributed by atoms with Crippen molar-refractivity contribution in [2.45, 2.75) is 89.9 Å². The maximum absolute atomic E-state index is 12.5. The van der Waals surface area contributed by atoms with Gasteiger partial charge in [-0.2, -0.15) is 0 Å². The van der Waals surface area contributed by atoms with E-state index in [0.717, 1.165) is 0 Å². The fraction of sp³-hybridized carbons (Fsp3) is 0.700. The fourth-order valence-electron chi connectivity index (χ4n) is 5.25. The van der Waals surface area contributed by atoms with Crippen LogP contribution in [0.3, 0.4) is 0 Å². The van der Waals surface area contributed by atoms with Crippen molar-refractivity contribution < 1.29 is 57.4 Å². The molecule has 8 N–H and O–H groups in total. The third-order valence-electron chi connectivity index (χ3n) is 7.12. The van der Waals surface area contributed by atoms with Gasteiger partial charge in [-0.1, -0.05) is 34.1 Å². The minimum atomic E-state index is -5.51. The molecule has 16 heteroatoms. The molecule has 1 aromatic carbocycles. The van der Waals surface area contributed by atoms with Crippen LogP contribution >= 0.6 is 30.4 Å². The number of hydrogen-bond acceptors (Lipinski definition) is 4. The van der Waals surface area contributed by atoms with Gasteiger partial charge in [0.25, 0.3) is 0 Å². The Balaban J connectivity index is 4.78. The second-order valence-corrected chi connectivity index (χ2v) is 16.7. The Morgan fingerprint density at radius 1 is 0.611 bits per heavy atom. The van der Waals surface area contributed by atoms with E-state index in [1.807, 2.05) is 0 Å². The molecule has 0 saturated carbocycles. The predicted octanol–water partition coefficient (Wildman–Crippen LogP) is 4.43. The van der Waals surface area contributed by atoms with E-state index in [0.29, 0.717) is 25.7 Å². The molecule has 210 valence electrons. The smallest absolute Gasteiger partial charge is 0.324 e. The van der Waals surface area contributed by atoms with Crippen molar-refractivity contribution in [2.75, 3.05) is 0 Å². The molecule has 0 bridgehead atoms. The molecule has 0 radical (unpaired) electrons. The highest BCUT2D eigenvalue weighted by atomic mass is 31.2. The lowest BCUT2D eigenvalue weighted by molar-refractivity contribution is 0.330. The van der Waals surface area contributed by atoms with E-state index >= 15 is 0 Å². The average molecular weight is 594 g/mol. The monoisotopic (exact) mass is 594 g/mol. The van der Waals surface area contributed by atoms with Crippen LogP contribution in [-0.4, -0.2) is 39.1 Å².